The topological polar surface area (TPSA) is 35.5 Å². The standard InChI is InChI=1S/C15H19BrO3/c1-3-11-12(10(2)5-6-17)9-13(16)15-14(11)18-7-4-8-19-15/h6,9-10H,3-5,7-8H2,1-2H3. The van der Waals surface area contributed by atoms with Crippen molar-refractivity contribution in [2.75, 3.05) is 13.2 Å². The van der Waals surface area contributed by atoms with E-state index in [0.717, 1.165) is 40.7 Å². The minimum absolute atomic E-state index is 0.195. The molecule has 0 saturated heterocycles. The van der Waals surface area contributed by atoms with Gasteiger partial charge in [-0.2, -0.15) is 0 Å². The van der Waals surface area contributed by atoms with Gasteiger partial charge >= 0.3 is 0 Å². The fourth-order valence-electron chi connectivity index (χ4n) is 2.44. The van der Waals surface area contributed by atoms with Gasteiger partial charge in [-0.25, -0.2) is 0 Å². The van der Waals surface area contributed by atoms with Gasteiger partial charge in [0.25, 0.3) is 0 Å². The molecule has 1 atom stereocenters. The Morgan fingerprint density at radius 3 is 2.68 bits per heavy atom. The Labute approximate surface area is 122 Å². The Morgan fingerprint density at radius 1 is 1.37 bits per heavy atom. The lowest BCUT2D eigenvalue weighted by atomic mass is 9.91. The molecule has 104 valence electrons. The molecular weight excluding hydrogens is 308 g/mol. The summed E-state index contributed by atoms with van der Waals surface area (Å²) in [7, 11) is 0. The zero-order valence-electron chi connectivity index (χ0n) is 11.4. The van der Waals surface area contributed by atoms with Crippen LogP contribution in [0.4, 0.5) is 0 Å². The molecule has 0 aromatic heterocycles. The number of carbonyl (C=O) groups excluding carboxylic acids is 1. The van der Waals surface area contributed by atoms with Gasteiger partial charge in [0.05, 0.1) is 17.7 Å². The van der Waals surface area contributed by atoms with Crippen molar-refractivity contribution in [3.63, 3.8) is 0 Å². The highest BCUT2D eigenvalue weighted by Gasteiger charge is 2.23. The average molecular weight is 327 g/mol. The van der Waals surface area contributed by atoms with Crippen LogP contribution >= 0.6 is 15.9 Å². The number of carbonyl (C=O) groups is 1. The molecule has 0 N–H and O–H groups in total. The van der Waals surface area contributed by atoms with E-state index in [1.165, 1.54) is 5.56 Å². The number of rotatable bonds is 4. The molecule has 1 aromatic rings. The molecule has 0 amide bonds. The van der Waals surface area contributed by atoms with E-state index in [2.05, 4.69) is 35.8 Å². The third kappa shape index (κ3) is 2.94. The Kier molecular flexibility index (Phi) is 4.86. The highest BCUT2D eigenvalue weighted by Crippen LogP contribution is 2.44. The van der Waals surface area contributed by atoms with Crippen LogP contribution in [0.15, 0.2) is 10.5 Å². The summed E-state index contributed by atoms with van der Waals surface area (Å²) in [5, 5.41) is 0. The van der Waals surface area contributed by atoms with Crippen molar-refractivity contribution in [1.29, 1.82) is 0 Å². The molecule has 4 heteroatoms. The molecule has 0 saturated carbocycles. The van der Waals surface area contributed by atoms with Gasteiger partial charge < -0.3 is 14.3 Å². The van der Waals surface area contributed by atoms with Crippen molar-refractivity contribution in [1.82, 2.24) is 0 Å². The van der Waals surface area contributed by atoms with E-state index < -0.39 is 0 Å². The molecule has 1 aromatic carbocycles. The quantitative estimate of drug-likeness (QED) is 0.788. The molecular formula is C15H19BrO3. The summed E-state index contributed by atoms with van der Waals surface area (Å²) in [4.78, 5) is 10.7. The Hall–Kier alpha value is -1.03. The summed E-state index contributed by atoms with van der Waals surface area (Å²) in [6.07, 6.45) is 3.27. The van der Waals surface area contributed by atoms with E-state index in [1.54, 1.807) is 0 Å². The van der Waals surface area contributed by atoms with Gasteiger partial charge in [-0.3, -0.25) is 0 Å². The summed E-state index contributed by atoms with van der Waals surface area (Å²) >= 11 is 3.56. The highest BCUT2D eigenvalue weighted by molar-refractivity contribution is 9.10. The predicted molar refractivity (Wildman–Crippen MR) is 78.2 cm³/mol. The lowest BCUT2D eigenvalue weighted by Gasteiger charge is -2.20. The van der Waals surface area contributed by atoms with E-state index in [9.17, 15) is 4.79 Å². The monoisotopic (exact) mass is 326 g/mol. The van der Waals surface area contributed by atoms with Gasteiger partial charge in [0.15, 0.2) is 11.5 Å². The van der Waals surface area contributed by atoms with Gasteiger partial charge in [-0.05, 0) is 39.9 Å². The number of hydrogen-bond donors (Lipinski definition) is 0. The van der Waals surface area contributed by atoms with Gasteiger partial charge in [0, 0.05) is 18.4 Å². The van der Waals surface area contributed by atoms with Crippen molar-refractivity contribution in [2.45, 2.75) is 39.0 Å². The fraction of sp³-hybridized carbons (Fsp3) is 0.533. The molecule has 1 aliphatic heterocycles. The van der Waals surface area contributed by atoms with Crippen LogP contribution < -0.4 is 9.47 Å². The zero-order chi connectivity index (χ0) is 13.8. The first-order valence-corrected chi connectivity index (χ1v) is 7.52. The van der Waals surface area contributed by atoms with E-state index in [-0.39, 0.29) is 5.92 Å². The smallest absolute Gasteiger partial charge is 0.175 e. The van der Waals surface area contributed by atoms with Crippen molar-refractivity contribution < 1.29 is 14.3 Å². The molecule has 3 nitrogen and oxygen atoms in total. The number of aldehydes is 1. The second-order valence-corrected chi connectivity index (χ2v) is 5.65. The molecule has 1 aliphatic rings. The minimum Gasteiger partial charge on any atom is -0.489 e. The molecule has 0 radical (unpaired) electrons. The van der Waals surface area contributed by atoms with Gasteiger partial charge in [0.2, 0.25) is 0 Å². The normalized spacial score (nSPS) is 15.7. The van der Waals surface area contributed by atoms with E-state index >= 15 is 0 Å². The van der Waals surface area contributed by atoms with Crippen LogP contribution in [0.5, 0.6) is 11.5 Å². The maximum Gasteiger partial charge on any atom is 0.175 e. The highest BCUT2D eigenvalue weighted by atomic mass is 79.9. The van der Waals surface area contributed by atoms with Crippen LogP contribution in [0.3, 0.4) is 0 Å². The van der Waals surface area contributed by atoms with E-state index in [0.29, 0.717) is 19.6 Å². The molecule has 1 unspecified atom stereocenters. The number of hydrogen-bond acceptors (Lipinski definition) is 3. The minimum atomic E-state index is 0.195. The van der Waals surface area contributed by atoms with Crippen LogP contribution in [-0.4, -0.2) is 19.5 Å². The van der Waals surface area contributed by atoms with Crippen molar-refractivity contribution in [3.05, 3.63) is 21.7 Å². The molecule has 1 heterocycles. The Balaban J connectivity index is 2.53. The van der Waals surface area contributed by atoms with Gasteiger partial charge in [0.1, 0.15) is 6.29 Å². The van der Waals surface area contributed by atoms with E-state index in [4.69, 9.17) is 9.47 Å². The zero-order valence-corrected chi connectivity index (χ0v) is 13.0. The average Bonchev–Trinajstić information content (AvgIpc) is 2.65. The van der Waals surface area contributed by atoms with Crippen molar-refractivity contribution in [2.24, 2.45) is 0 Å². The van der Waals surface area contributed by atoms with Crippen LogP contribution in [0.2, 0.25) is 0 Å². The third-order valence-electron chi connectivity index (χ3n) is 3.44. The Bertz CT molecular complexity index is 471. The molecule has 0 bridgehead atoms. The summed E-state index contributed by atoms with van der Waals surface area (Å²) < 4.78 is 12.6. The molecule has 2 rings (SSSR count). The second-order valence-electron chi connectivity index (χ2n) is 4.79. The lowest BCUT2D eigenvalue weighted by molar-refractivity contribution is -0.108. The number of benzene rings is 1. The second kappa shape index (κ2) is 6.42. The van der Waals surface area contributed by atoms with Crippen LogP contribution in [0, 0.1) is 0 Å². The fourth-order valence-corrected chi connectivity index (χ4v) is 2.98. The molecule has 0 spiro atoms. The van der Waals surface area contributed by atoms with Gasteiger partial charge in [-0.1, -0.05) is 13.8 Å². The predicted octanol–water partition coefficient (Wildman–Crippen LogP) is 3.87. The maximum atomic E-state index is 10.7. The van der Waals surface area contributed by atoms with Crippen LogP contribution in [0.1, 0.15) is 43.7 Å². The molecule has 0 aliphatic carbocycles. The summed E-state index contributed by atoms with van der Waals surface area (Å²) in [5.74, 6) is 1.85. The first kappa shape index (κ1) is 14.4. The van der Waals surface area contributed by atoms with Gasteiger partial charge in [-0.15, -0.1) is 0 Å². The van der Waals surface area contributed by atoms with Crippen molar-refractivity contribution >= 4 is 22.2 Å². The first-order valence-electron chi connectivity index (χ1n) is 6.73. The third-order valence-corrected chi connectivity index (χ3v) is 4.03. The van der Waals surface area contributed by atoms with E-state index in [1.807, 2.05) is 0 Å². The van der Waals surface area contributed by atoms with Crippen LogP contribution in [-0.2, 0) is 11.2 Å². The number of ether oxygens (including phenoxy) is 2. The maximum absolute atomic E-state index is 10.7. The summed E-state index contributed by atoms with van der Waals surface area (Å²) in [6.45, 7) is 5.53. The summed E-state index contributed by atoms with van der Waals surface area (Å²) in [6, 6.07) is 2.07. The first-order chi connectivity index (χ1) is 9.19. The summed E-state index contributed by atoms with van der Waals surface area (Å²) in [5.41, 5.74) is 2.33. The van der Waals surface area contributed by atoms with Crippen molar-refractivity contribution in [3.8, 4) is 11.5 Å². The largest absolute Gasteiger partial charge is 0.489 e. The number of halogens is 1. The van der Waals surface area contributed by atoms with Crippen LogP contribution in [0.25, 0.3) is 0 Å². The molecule has 19 heavy (non-hydrogen) atoms. The molecule has 0 fully saturated rings. The SMILES string of the molecule is CCc1c(C(C)CC=O)cc(Br)c2c1OCCCO2. The number of fused-ring (bicyclic) bond motifs is 1. The lowest BCUT2D eigenvalue weighted by Crippen LogP contribution is -2.05. The Morgan fingerprint density at radius 2 is 2.05 bits per heavy atom.